The van der Waals surface area contributed by atoms with Crippen molar-refractivity contribution < 1.29 is 19.1 Å². The Morgan fingerprint density at radius 3 is 2.53 bits per heavy atom. The number of para-hydroxylation sites is 1. The number of carbonyl (C=O) groups excluding carboxylic acids is 2. The van der Waals surface area contributed by atoms with Gasteiger partial charge in [-0.3, -0.25) is 9.59 Å². The van der Waals surface area contributed by atoms with Crippen molar-refractivity contribution in [3.63, 3.8) is 0 Å². The first-order valence-corrected chi connectivity index (χ1v) is 12.6. The van der Waals surface area contributed by atoms with E-state index in [1.54, 1.807) is 14.2 Å². The third kappa shape index (κ3) is 5.11. The fourth-order valence-corrected chi connectivity index (χ4v) is 5.23. The van der Waals surface area contributed by atoms with Crippen molar-refractivity contribution >= 4 is 35.1 Å². The van der Waals surface area contributed by atoms with Crippen LogP contribution in [0.4, 0.5) is 5.69 Å². The Balaban J connectivity index is 1.59. The van der Waals surface area contributed by atoms with Crippen molar-refractivity contribution in [2.45, 2.75) is 39.7 Å². The van der Waals surface area contributed by atoms with Gasteiger partial charge in [0.15, 0.2) is 11.5 Å². The van der Waals surface area contributed by atoms with Crippen molar-refractivity contribution in [3.05, 3.63) is 69.2 Å². The predicted octanol–water partition coefficient (Wildman–Crippen LogP) is 5.17. The Hall–Kier alpha value is -3.72. The molecule has 8 nitrogen and oxygen atoms in total. The van der Waals surface area contributed by atoms with Crippen LogP contribution in [0.5, 0.6) is 11.5 Å². The van der Waals surface area contributed by atoms with E-state index < -0.39 is 5.92 Å². The second-order valence-electron chi connectivity index (χ2n) is 8.58. The molecular weight excluding hydrogens is 476 g/mol. The van der Waals surface area contributed by atoms with Gasteiger partial charge in [0, 0.05) is 17.8 Å². The Morgan fingerprint density at radius 2 is 1.86 bits per heavy atom. The molecule has 0 spiro atoms. The number of hydrogen-bond donors (Lipinski definition) is 1. The minimum absolute atomic E-state index is 0.0423. The number of ether oxygens (including phenoxy) is 2. The molecule has 1 aromatic heterocycles. The van der Waals surface area contributed by atoms with Gasteiger partial charge in [-0.25, -0.2) is 9.99 Å². The smallest absolute Gasteiger partial charge is 0.267 e. The second-order valence-corrected chi connectivity index (χ2v) is 9.79. The molecule has 1 N–H and O–H groups in total. The Labute approximate surface area is 215 Å². The molecule has 1 aliphatic rings. The van der Waals surface area contributed by atoms with Gasteiger partial charge in [-0.1, -0.05) is 31.2 Å². The summed E-state index contributed by atoms with van der Waals surface area (Å²) >= 11 is 1.36. The van der Waals surface area contributed by atoms with Crippen LogP contribution in [0.3, 0.4) is 0 Å². The number of nitrogens with zero attached hydrogens (tertiary/aromatic N) is 3. The van der Waals surface area contributed by atoms with Crippen LogP contribution < -0.4 is 14.8 Å². The average Bonchev–Trinajstić information content (AvgIpc) is 3.23. The molecule has 0 radical (unpaired) electrons. The van der Waals surface area contributed by atoms with E-state index in [0.29, 0.717) is 27.8 Å². The van der Waals surface area contributed by atoms with Gasteiger partial charge in [0.2, 0.25) is 0 Å². The number of amides is 2. The van der Waals surface area contributed by atoms with Gasteiger partial charge in [-0.2, -0.15) is 5.10 Å². The number of hydrazone groups is 1. The highest BCUT2D eigenvalue weighted by Gasteiger charge is 2.36. The molecule has 2 heterocycles. The molecule has 0 saturated carbocycles. The van der Waals surface area contributed by atoms with E-state index >= 15 is 0 Å². The number of nitrogens with one attached hydrogen (secondary N) is 1. The number of methoxy groups -OCH3 is 2. The van der Waals surface area contributed by atoms with Crippen LogP contribution in [-0.2, 0) is 11.3 Å². The van der Waals surface area contributed by atoms with Gasteiger partial charge in [0.25, 0.3) is 11.8 Å². The number of thiazole rings is 1. The van der Waals surface area contributed by atoms with E-state index in [4.69, 9.17) is 9.47 Å². The summed E-state index contributed by atoms with van der Waals surface area (Å²) in [6.07, 6.45) is 2.61. The number of rotatable bonds is 8. The molecule has 36 heavy (non-hydrogen) atoms. The summed E-state index contributed by atoms with van der Waals surface area (Å²) < 4.78 is 10.8. The van der Waals surface area contributed by atoms with Crippen LogP contribution in [0.1, 0.15) is 50.8 Å². The molecule has 188 valence electrons. The van der Waals surface area contributed by atoms with Gasteiger partial charge in [0.1, 0.15) is 4.88 Å². The summed E-state index contributed by atoms with van der Waals surface area (Å²) in [5.41, 5.74) is 2.97. The summed E-state index contributed by atoms with van der Waals surface area (Å²) in [6.45, 7) is 5.97. The van der Waals surface area contributed by atoms with Crippen LogP contribution in [0, 0.1) is 19.8 Å². The highest BCUT2D eigenvalue weighted by Crippen LogP contribution is 2.37. The van der Waals surface area contributed by atoms with E-state index in [-0.39, 0.29) is 24.3 Å². The highest BCUT2D eigenvalue weighted by atomic mass is 32.1. The molecule has 0 aliphatic carbocycles. The number of hydrogen-bond acceptors (Lipinski definition) is 7. The molecule has 0 fully saturated rings. The quantitative estimate of drug-likeness (QED) is 0.455. The van der Waals surface area contributed by atoms with Crippen LogP contribution >= 0.6 is 11.3 Å². The molecule has 0 bridgehead atoms. The lowest BCUT2D eigenvalue weighted by atomic mass is 9.83. The SMILES string of the molecule is CCC1C=NN(Cc2ccccc2NC(=O)c2sc(C)nc2C)C(=O)C1c1ccc(OC)c(OC)c1. The number of aryl methyl sites for hydroxylation is 2. The van der Waals surface area contributed by atoms with E-state index in [1.807, 2.05) is 69.5 Å². The zero-order valence-corrected chi connectivity index (χ0v) is 21.9. The lowest BCUT2D eigenvalue weighted by molar-refractivity contribution is -0.135. The van der Waals surface area contributed by atoms with Crippen molar-refractivity contribution in [1.82, 2.24) is 9.99 Å². The van der Waals surface area contributed by atoms with Crippen LogP contribution in [0.2, 0.25) is 0 Å². The van der Waals surface area contributed by atoms with E-state index in [0.717, 1.165) is 22.6 Å². The minimum atomic E-state index is -0.406. The first-order chi connectivity index (χ1) is 17.4. The number of anilines is 1. The van der Waals surface area contributed by atoms with E-state index in [1.165, 1.54) is 16.3 Å². The normalized spacial score (nSPS) is 17.2. The van der Waals surface area contributed by atoms with E-state index in [9.17, 15) is 9.59 Å². The molecule has 1 aliphatic heterocycles. The molecule has 2 aromatic carbocycles. The zero-order valence-electron chi connectivity index (χ0n) is 21.1. The van der Waals surface area contributed by atoms with E-state index in [2.05, 4.69) is 15.4 Å². The van der Waals surface area contributed by atoms with Gasteiger partial charge >= 0.3 is 0 Å². The molecule has 2 amide bonds. The topological polar surface area (TPSA) is 93.1 Å². The molecular formula is C27H30N4O4S. The Morgan fingerprint density at radius 1 is 1.11 bits per heavy atom. The molecule has 4 rings (SSSR count). The van der Waals surface area contributed by atoms with Gasteiger partial charge in [-0.05, 0) is 49.6 Å². The largest absolute Gasteiger partial charge is 0.493 e. The maximum absolute atomic E-state index is 13.7. The first-order valence-electron chi connectivity index (χ1n) is 11.8. The predicted molar refractivity (Wildman–Crippen MR) is 141 cm³/mol. The minimum Gasteiger partial charge on any atom is -0.493 e. The monoisotopic (exact) mass is 506 g/mol. The lowest BCUT2D eigenvalue weighted by Crippen LogP contribution is -2.39. The standard InChI is InChI=1S/C27H30N4O4S/c1-6-18-14-28-31(27(33)24(18)19-11-12-22(34-4)23(13-19)35-5)15-20-9-7-8-10-21(20)30-26(32)25-16(2)29-17(3)36-25/h7-14,18,24H,6,15H2,1-5H3,(H,30,32). The van der Waals surface area contributed by atoms with Gasteiger partial charge < -0.3 is 14.8 Å². The molecule has 3 aromatic rings. The summed E-state index contributed by atoms with van der Waals surface area (Å²) in [5.74, 6) is 0.420. The van der Waals surface area contributed by atoms with Crippen molar-refractivity contribution in [2.75, 3.05) is 19.5 Å². The van der Waals surface area contributed by atoms with Crippen molar-refractivity contribution in [2.24, 2.45) is 11.0 Å². The summed E-state index contributed by atoms with van der Waals surface area (Å²) in [5, 5.41) is 9.79. The Bertz CT molecular complexity index is 1300. The Kier molecular flexibility index (Phi) is 7.69. The number of aromatic nitrogens is 1. The molecule has 0 saturated heterocycles. The number of carbonyl (C=O) groups is 2. The molecule has 2 unspecified atom stereocenters. The molecule has 9 heteroatoms. The fraction of sp³-hybridized carbons (Fsp3) is 0.333. The maximum atomic E-state index is 13.7. The molecule has 2 atom stereocenters. The highest BCUT2D eigenvalue weighted by molar-refractivity contribution is 7.13. The van der Waals surface area contributed by atoms with Gasteiger partial charge in [0.05, 0.1) is 37.4 Å². The average molecular weight is 507 g/mol. The first kappa shape index (κ1) is 25.4. The second kappa shape index (κ2) is 10.9. The fourth-order valence-electron chi connectivity index (χ4n) is 4.41. The summed E-state index contributed by atoms with van der Waals surface area (Å²) in [4.78, 5) is 31.5. The van der Waals surface area contributed by atoms with Crippen LogP contribution in [-0.4, -0.2) is 42.2 Å². The van der Waals surface area contributed by atoms with Crippen molar-refractivity contribution in [1.29, 1.82) is 0 Å². The van der Waals surface area contributed by atoms with Crippen molar-refractivity contribution in [3.8, 4) is 11.5 Å². The maximum Gasteiger partial charge on any atom is 0.267 e. The van der Waals surface area contributed by atoms with Crippen LogP contribution in [0.25, 0.3) is 0 Å². The van der Waals surface area contributed by atoms with Gasteiger partial charge in [-0.15, -0.1) is 11.3 Å². The third-order valence-electron chi connectivity index (χ3n) is 6.28. The summed E-state index contributed by atoms with van der Waals surface area (Å²) in [6, 6.07) is 13.0. The zero-order chi connectivity index (χ0) is 25.8. The third-order valence-corrected chi connectivity index (χ3v) is 7.35. The summed E-state index contributed by atoms with van der Waals surface area (Å²) in [7, 11) is 3.16. The van der Waals surface area contributed by atoms with Crippen LogP contribution in [0.15, 0.2) is 47.6 Å². The lowest BCUT2D eigenvalue weighted by Gasteiger charge is -2.32. The number of benzene rings is 2.